The fourth-order valence-electron chi connectivity index (χ4n) is 8.97. The maximum Gasteiger partial charge on any atom is 0.305 e. The molecule has 4 nitrogen and oxygen atoms in total. The summed E-state index contributed by atoms with van der Waals surface area (Å²) in [5, 5.41) is 11.4. The molecule has 0 saturated heterocycles. The van der Waals surface area contributed by atoms with Crippen molar-refractivity contribution in [3.8, 4) is 0 Å². The second-order valence-electron chi connectivity index (χ2n) is 11.7. The normalized spacial score (nSPS) is 50.2. The van der Waals surface area contributed by atoms with Gasteiger partial charge in [-0.15, -0.1) is 0 Å². The quantitative estimate of drug-likeness (QED) is 0.666. The molecular formula is C25H43NO3. The summed E-state index contributed by atoms with van der Waals surface area (Å²) in [6.07, 6.45) is 11.8. The number of hydrogen-bond donors (Lipinski definition) is 2. The predicted octanol–water partition coefficient (Wildman–Crippen LogP) is 4.68. The summed E-state index contributed by atoms with van der Waals surface area (Å²) >= 11 is 0. The highest BCUT2D eigenvalue weighted by molar-refractivity contribution is 5.69. The fourth-order valence-corrected chi connectivity index (χ4v) is 8.97. The van der Waals surface area contributed by atoms with Gasteiger partial charge >= 0.3 is 5.97 Å². The van der Waals surface area contributed by atoms with Crippen molar-refractivity contribution in [2.75, 3.05) is 7.11 Å². The molecule has 0 aliphatic heterocycles. The summed E-state index contributed by atoms with van der Waals surface area (Å²) in [6.45, 7) is 7.29. The van der Waals surface area contributed by atoms with E-state index in [0.29, 0.717) is 36.0 Å². The number of rotatable bonds is 4. The van der Waals surface area contributed by atoms with Gasteiger partial charge in [0.15, 0.2) is 0 Å². The molecule has 0 aromatic rings. The Hall–Kier alpha value is -0.610. The number of aliphatic hydroxyl groups is 1. The van der Waals surface area contributed by atoms with E-state index in [9.17, 15) is 9.90 Å². The summed E-state index contributed by atoms with van der Waals surface area (Å²) in [5.41, 5.74) is 7.32. The van der Waals surface area contributed by atoms with E-state index in [0.717, 1.165) is 19.3 Å². The number of methoxy groups -OCH3 is 1. The van der Waals surface area contributed by atoms with Gasteiger partial charge in [-0.05, 0) is 91.8 Å². The van der Waals surface area contributed by atoms with Crippen molar-refractivity contribution in [1.82, 2.24) is 0 Å². The van der Waals surface area contributed by atoms with Crippen LogP contribution in [0.2, 0.25) is 0 Å². The van der Waals surface area contributed by atoms with Crippen LogP contribution in [0.4, 0.5) is 0 Å². The Balaban J connectivity index is 1.56. The van der Waals surface area contributed by atoms with Gasteiger partial charge in [0.25, 0.3) is 0 Å². The molecule has 4 heteroatoms. The van der Waals surface area contributed by atoms with Gasteiger partial charge in [-0.3, -0.25) is 4.79 Å². The topological polar surface area (TPSA) is 72.5 Å². The molecule has 0 spiro atoms. The molecule has 4 fully saturated rings. The zero-order valence-corrected chi connectivity index (χ0v) is 19.1. The van der Waals surface area contributed by atoms with Crippen molar-refractivity contribution in [3.05, 3.63) is 0 Å². The van der Waals surface area contributed by atoms with Crippen LogP contribution < -0.4 is 5.73 Å². The van der Waals surface area contributed by atoms with Gasteiger partial charge < -0.3 is 15.6 Å². The molecule has 4 aliphatic rings. The van der Waals surface area contributed by atoms with Gasteiger partial charge in [-0.2, -0.15) is 0 Å². The Kier molecular flexibility index (Phi) is 5.60. The second-order valence-corrected chi connectivity index (χ2v) is 11.7. The lowest BCUT2D eigenvalue weighted by molar-refractivity contribution is -0.173. The lowest BCUT2D eigenvalue weighted by Crippen LogP contribution is -2.68. The molecular weight excluding hydrogens is 362 g/mol. The molecule has 0 heterocycles. The summed E-state index contributed by atoms with van der Waals surface area (Å²) in [6, 6.07) is 0. The molecule has 0 aromatic carbocycles. The van der Waals surface area contributed by atoms with E-state index < -0.39 is 0 Å². The van der Waals surface area contributed by atoms with Crippen LogP contribution in [0, 0.1) is 40.4 Å². The standard InChI is InChI=1S/C25H43NO3/c1-16(7-10-21(28)29-4)17-8-9-18-22-19(11-14-23(17,18)2)24(3)12-5-6-13-25(24,26)15-20(22)27/h16-20,22,27H,5-15,26H2,1-4H3/t16?,17?,18?,19?,20-,22?,23-,24-,25?/m1/s1. The van der Waals surface area contributed by atoms with Crippen molar-refractivity contribution >= 4 is 5.97 Å². The lowest BCUT2D eigenvalue weighted by Gasteiger charge is -2.65. The molecule has 166 valence electrons. The van der Waals surface area contributed by atoms with E-state index in [4.69, 9.17) is 10.5 Å². The summed E-state index contributed by atoms with van der Waals surface area (Å²) in [5.74, 6) is 2.66. The number of fused-ring (bicyclic) bond motifs is 5. The molecule has 4 aliphatic carbocycles. The van der Waals surface area contributed by atoms with E-state index in [-0.39, 0.29) is 28.4 Å². The van der Waals surface area contributed by atoms with Gasteiger partial charge in [0.05, 0.1) is 13.2 Å². The minimum absolute atomic E-state index is 0.0903. The van der Waals surface area contributed by atoms with Crippen LogP contribution in [-0.2, 0) is 9.53 Å². The monoisotopic (exact) mass is 405 g/mol. The SMILES string of the molecule is COC(=O)CCC(C)C1CCC2C3C(CC[C@]12C)[C@@]1(C)CCCCC1(N)C[C@H]3O. The van der Waals surface area contributed by atoms with E-state index >= 15 is 0 Å². The molecule has 0 radical (unpaired) electrons. The highest BCUT2D eigenvalue weighted by Gasteiger charge is 2.65. The minimum atomic E-state index is -0.245. The number of esters is 1. The first kappa shape index (κ1) is 21.6. The van der Waals surface area contributed by atoms with Crippen LogP contribution in [0.5, 0.6) is 0 Å². The first-order chi connectivity index (χ1) is 13.7. The number of carbonyl (C=O) groups is 1. The number of aliphatic hydroxyl groups excluding tert-OH is 1. The molecule has 0 amide bonds. The lowest BCUT2D eigenvalue weighted by atomic mass is 9.42. The smallest absolute Gasteiger partial charge is 0.305 e. The molecule has 3 N–H and O–H groups in total. The number of hydrogen-bond acceptors (Lipinski definition) is 4. The molecule has 29 heavy (non-hydrogen) atoms. The third kappa shape index (κ3) is 3.19. The van der Waals surface area contributed by atoms with Crippen molar-refractivity contribution in [1.29, 1.82) is 0 Å². The predicted molar refractivity (Wildman–Crippen MR) is 115 cm³/mol. The number of nitrogens with two attached hydrogens (primary N) is 1. The van der Waals surface area contributed by atoms with Crippen molar-refractivity contribution in [2.45, 2.75) is 103 Å². The van der Waals surface area contributed by atoms with Crippen molar-refractivity contribution in [2.24, 2.45) is 46.2 Å². The average Bonchev–Trinajstić information content (AvgIpc) is 3.03. The third-order valence-corrected chi connectivity index (χ3v) is 10.7. The van der Waals surface area contributed by atoms with Gasteiger partial charge in [0.2, 0.25) is 0 Å². The Morgan fingerprint density at radius 2 is 1.86 bits per heavy atom. The van der Waals surface area contributed by atoms with Gasteiger partial charge in [0, 0.05) is 12.0 Å². The van der Waals surface area contributed by atoms with Gasteiger partial charge in [-0.1, -0.05) is 33.6 Å². The fraction of sp³-hybridized carbons (Fsp3) is 0.960. The molecule has 4 rings (SSSR count). The maximum absolute atomic E-state index is 11.7. The Bertz CT molecular complexity index is 638. The Morgan fingerprint density at radius 3 is 2.59 bits per heavy atom. The average molecular weight is 406 g/mol. The first-order valence-corrected chi connectivity index (χ1v) is 12.2. The Labute approximate surface area is 177 Å². The van der Waals surface area contributed by atoms with Crippen LogP contribution in [0.1, 0.15) is 91.4 Å². The van der Waals surface area contributed by atoms with Crippen LogP contribution >= 0.6 is 0 Å². The van der Waals surface area contributed by atoms with Crippen LogP contribution in [-0.4, -0.2) is 29.8 Å². The van der Waals surface area contributed by atoms with E-state index in [1.807, 2.05) is 0 Å². The van der Waals surface area contributed by atoms with Crippen LogP contribution in [0.15, 0.2) is 0 Å². The maximum atomic E-state index is 11.7. The largest absolute Gasteiger partial charge is 0.469 e. The van der Waals surface area contributed by atoms with Gasteiger partial charge in [0.1, 0.15) is 0 Å². The van der Waals surface area contributed by atoms with Crippen molar-refractivity contribution < 1.29 is 14.6 Å². The molecule has 4 saturated carbocycles. The van der Waals surface area contributed by atoms with E-state index in [1.54, 1.807) is 0 Å². The van der Waals surface area contributed by atoms with Crippen molar-refractivity contribution in [3.63, 3.8) is 0 Å². The summed E-state index contributed by atoms with van der Waals surface area (Å²) < 4.78 is 4.87. The number of ether oxygens (including phenoxy) is 1. The third-order valence-electron chi connectivity index (χ3n) is 10.7. The minimum Gasteiger partial charge on any atom is -0.469 e. The Morgan fingerprint density at radius 1 is 1.14 bits per heavy atom. The zero-order valence-electron chi connectivity index (χ0n) is 19.1. The number of carbonyl (C=O) groups excluding carboxylic acids is 1. The first-order valence-electron chi connectivity index (χ1n) is 12.2. The molecule has 9 atom stereocenters. The molecule has 6 unspecified atom stereocenters. The van der Waals surface area contributed by atoms with Gasteiger partial charge in [-0.25, -0.2) is 0 Å². The highest BCUT2D eigenvalue weighted by Crippen LogP contribution is 2.68. The highest BCUT2D eigenvalue weighted by atomic mass is 16.5. The summed E-state index contributed by atoms with van der Waals surface area (Å²) in [4.78, 5) is 11.7. The summed E-state index contributed by atoms with van der Waals surface area (Å²) in [7, 11) is 1.48. The zero-order chi connectivity index (χ0) is 21.0. The van der Waals surface area contributed by atoms with Crippen LogP contribution in [0.25, 0.3) is 0 Å². The molecule has 0 aromatic heterocycles. The second kappa shape index (κ2) is 7.51. The van der Waals surface area contributed by atoms with E-state index in [2.05, 4.69) is 20.8 Å². The van der Waals surface area contributed by atoms with E-state index in [1.165, 1.54) is 52.1 Å². The van der Waals surface area contributed by atoms with Crippen LogP contribution in [0.3, 0.4) is 0 Å². The molecule has 0 bridgehead atoms.